The van der Waals surface area contributed by atoms with Crippen molar-refractivity contribution in [2.45, 2.75) is 13.1 Å². The second-order valence-corrected chi connectivity index (χ2v) is 6.84. The third kappa shape index (κ3) is 5.90. The first-order valence-corrected chi connectivity index (χ1v) is 9.13. The SMILES string of the molecule is Brc1ccc(C#CCN(Cc2ccccc2)Cc2ccccc2)cc1. The highest BCUT2D eigenvalue weighted by Crippen LogP contribution is 2.11. The summed E-state index contributed by atoms with van der Waals surface area (Å²) in [5.74, 6) is 6.58. The van der Waals surface area contributed by atoms with Gasteiger partial charge in [0.2, 0.25) is 0 Å². The van der Waals surface area contributed by atoms with E-state index in [1.807, 2.05) is 24.3 Å². The maximum absolute atomic E-state index is 3.45. The van der Waals surface area contributed by atoms with Gasteiger partial charge in [0.05, 0.1) is 6.54 Å². The minimum Gasteiger partial charge on any atom is -0.284 e. The van der Waals surface area contributed by atoms with Gasteiger partial charge in [-0.05, 0) is 35.4 Å². The van der Waals surface area contributed by atoms with E-state index in [0.717, 1.165) is 29.7 Å². The van der Waals surface area contributed by atoms with Gasteiger partial charge in [0, 0.05) is 23.1 Å². The molecule has 0 aliphatic heterocycles. The number of rotatable bonds is 5. The highest BCUT2D eigenvalue weighted by Gasteiger charge is 2.05. The smallest absolute Gasteiger partial charge is 0.0611 e. The van der Waals surface area contributed by atoms with Crippen LogP contribution in [0.5, 0.6) is 0 Å². The van der Waals surface area contributed by atoms with E-state index in [4.69, 9.17) is 0 Å². The van der Waals surface area contributed by atoms with Gasteiger partial charge in [-0.2, -0.15) is 0 Å². The van der Waals surface area contributed by atoms with Crippen LogP contribution in [0.15, 0.2) is 89.4 Å². The zero-order chi connectivity index (χ0) is 17.3. The zero-order valence-corrected chi connectivity index (χ0v) is 15.6. The first-order valence-electron chi connectivity index (χ1n) is 8.34. The molecule has 0 saturated heterocycles. The molecule has 0 saturated carbocycles. The van der Waals surface area contributed by atoms with Crippen molar-refractivity contribution in [3.63, 3.8) is 0 Å². The van der Waals surface area contributed by atoms with Crippen molar-refractivity contribution in [3.8, 4) is 11.8 Å². The van der Waals surface area contributed by atoms with Crippen LogP contribution in [0.1, 0.15) is 16.7 Å². The normalized spacial score (nSPS) is 10.3. The third-order valence-electron chi connectivity index (χ3n) is 3.88. The van der Waals surface area contributed by atoms with E-state index >= 15 is 0 Å². The summed E-state index contributed by atoms with van der Waals surface area (Å²) >= 11 is 3.45. The van der Waals surface area contributed by atoms with Gasteiger partial charge in [-0.25, -0.2) is 0 Å². The minimum absolute atomic E-state index is 0.736. The van der Waals surface area contributed by atoms with Gasteiger partial charge in [-0.3, -0.25) is 4.90 Å². The van der Waals surface area contributed by atoms with Gasteiger partial charge in [0.1, 0.15) is 0 Å². The number of benzene rings is 3. The van der Waals surface area contributed by atoms with Crippen LogP contribution < -0.4 is 0 Å². The summed E-state index contributed by atoms with van der Waals surface area (Å²) in [7, 11) is 0. The molecule has 0 radical (unpaired) electrons. The summed E-state index contributed by atoms with van der Waals surface area (Å²) in [5.41, 5.74) is 3.66. The van der Waals surface area contributed by atoms with Crippen molar-refractivity contribution in [1.82, 2.24) is 4.90 Å². The fourth-order valence-corrected chi connectivity index (χ4v) is 2.90. The quantitative estimate of drug-likeness (QED) is 0.520. The molecule has 124 valence electrons. The van der Waals surface area contributed by atoms with Crippen LogP contribution in [0, 0.1) is 11.8 Å². The lowest BCUT2D eigenvalue weighted by molar-refractivity contribution is 0.290. The Balaban J connectivity index is 1.70. The highest BCUT2D eigenvalue weighted by molar-refractivity contribution is 9.10. The van der Waals surface area contributed by atoms with E-state index in [2.05, 4.69) is 93.3 Å². The first kappa shape index (κ1) is 17.5. The van der Waals surface area contributed by atoms with Crippen LogP contribution in [0.2, 0.25) is 0 Å². The van der Waals surface area contributed by atoms with Gasteiger partial charge in [0.25, 0.3) is 0 Å². The Morgan fingerprint density at radius 3 is 1.72 bits per heavy atom. The van der Waals surface area contributed by atoms with Crippen LogP contribution in [-0.2, 0) is 13.1 Å². The van der Waals surface area contributed by atoms with Gasteiger partial charge in [0.15, 0.2) is 0 Å². The molecule has 0 aromatic heterocycles. The first-order chi connectivity index (χ1) is 12.3. The largest absolute Gasteiger partial charge is 0.284 e. The molecule has 0 aliphatic rings. The number of halogens is 1. The summed E-state index contributed by atoms with van der Waals surface area (Å²) in [6.07, 6.45) is 0. The predicted octanol–water partition coefficient (Wildman–Crippen LogP) is 5.50. The molecule has 0 unspecified atom stereocenters. The van der Waals surface area contributed by atoms with Gasteiger partial charge < -0.3 is 0 Å². The van der Waals surface area contributed by atoms with Gasteiger partial charge >= 0.3 is 0 Å². The Bertz CT molecular complexity index is 789. The molecule has 0 spiro atoms. The molecule has 0 N–H and O–H groups in total. The molecule has 3 aromatic carbocycles. The molecule has 1 nitrogen and oxygen atoms in total. The molecular weight excluding hydrogens is 370 g/mol. The molecule has 0 fully saturated rings. The average molecular weight is 390 g/mol. The number of hydrogen-bond donors (Lipinski definition) is 0. The van der Waals surface area contributed by atoms with Crippen molar-refractivity contribution in [2.75, 3.05) is 6.54 Å². The Labute approximate surface area is 158 Å². The van der Waals surface area contributed by atoms with Crippen molar-refractivity contribution in [3.05, 3.63) is 106 Å². The molecule has 25 heavy (non-hydrogen) atoms. The van der Waals surface area contributed by atoms with Gasteiger partial charge in [-0.1, -0.05) is 88.4 Å². The summed E-state index contributed by atoms with van der Waals surface area (Å²) in [6.45, 7) is 2.52. The molecule has 0 bridgehead atoms. The van der Waals surface area contributed by atoms with Crippen LogP contribution in [0.3, 0.4) is 0 Å². The maximum atomic E-state index is 3.45. The fraction of sp³-hybridized carbons (Fsp3) is 0.130. The van der Waals surface area contributed by atoms with Crippen molar-refractivity contribution < 1.29 is 0 Å². The van der Waals surface area contributed by atoms with Crippen LogP contribution in [0.25, 0.3) is 0 Å². The standard InChI is InChI=1S/C23H20BrN/c24-23-15-13-20(14-16-23)12-7-17-25(18-21-8-3-1-4-9-21)19-22-10-5-2-6-11-22/h1-6,8-11,13-16H,17-19H2. The molecule has 3 rings (SSSR count). The molecule has 0 atom stereocenters. The Hall–Kier alpha value is -2.34. The monoisotopic (exact) mass is 389 g/mol. The van der Waals surface area contributed by atoms with E-state index in [-0.39, 0.29) is 0 Å². The Morgan fingerprint density at radius 1 is 0.680 bits per heavy atom. The van der Waals surface area contributed by atoms with Crippen LogP contribution in [-0.4, -0.2) is 11.4 Å². The lowest BCUT2D eigenvalue weighted by Crippen LogP contribution is -2.23. The van der Waals surface area contributed by atoms with E-state index in [0.29, 0.717) is 0 Å². The van der Waals surface area contributed by atoms with Crippen molar-refractivity contribution in [1.29, 1.82) is 0 Å². The van der Waals surface area contributed by atoms with Crippen LogP contribution in [0.4, 0.5) is 0 Å². The van der Waals surface area contributed by atoms with E-state index < -0.39 is 0 Å². The molecule has 0 amide bonds. The summed E-state index contributed by atoms with van der Waals surface area (Å²) < 4.78 is 1.08. The zero-order valence-electron chi connectivity index (χ0n) is 14.0. The molecule has 0 heterocycles. The van der Waals surface area contributed by atoms with E-state index in [9.17, 15) is 0 Å². The second-order valence-electron chi connectivity index (χ2n) is 5.93. The van der Waals surface area contributed by atoms with Gasteiger partial charge in [-0.15, -0.1) is 0 Å². The number of nitrogens with zero attached hydrogens (tertiary/aromatic N) is 1. The van der Waals surface area contributed by atoms with Crippen molar-refractivity contribution in [2.24, 2.45) is 0 Å². The summed E-state index contributed by atoms with van der Waals surface area (Å²) in [5, 5.41) is 0. The van der Waals surface area contributed by atoms with E-state index in [1.54, 1.807) is 0 Å². The summed E-state index contributed by atoms with van der Waals surface area (Å²) in [4.78, 5) is 2.37. The predicted molar refractivity (Wildman–Crippen MR) is 108 cm³/mol. The lowest BCUT2D eigenvalue weighted by Gasteiger charge is -2.20. The van der Waals surface area contributed by atoms with Crippen LogP contribution >= 0.6 is 15.9 Å². The maximum Gasteiger partial charge on any atom is 0.0611 e. The second kappa shape index (κ2) is 9.22. The Kier molecular flexibility index (Phi) is 6.45. The summed E-state index contributed by atoms with van der Waals surface area (Å²) in [6, 6.07) is 29.2. The average Bonchev–Trinajstić information content (AvgIpc) is 2.65. The highest BCUT2D eigenvalue weighted by atomic mass is 79.9. The number of hydrogen-bond acceptors (Lipinski definition) is 1. The lowest BCUT2D eigenvalue weighted by atomic mass is 10.1. The third-order valence-corrected chi connectivity index (χ3v) is 4.41. The molecule has 0 aliphatic carbocycles. The van der Waals surface area contributed by atoms with E-state index in [1.165, 1.54) is 11.1 Å². The molecular formula is C23H20BrN. The minimum atomic E-state index is 0.736. The Morgan fingerprint density at radius 2 is 1.20 bits per heavy atom. The molecule has 3 aromatic rings. The van der Waals surface area contributed by atoms with Crippen molar-refractivity contribution >= 4 is 15.9 Å². The topological polar surface area (TPSA) is 3.24 Å². The fourth-order valence-electron chi connectivity index (χ4n) is 2.64. The molecule has 2 heteroatoms.